The average Bonchev–Trinajstić information content (AvgIpc) is 2.18. The molecule has 0 saturated heterocycles. The first kappa shape index (κ1) is 13.9. The second-order valence-corrected chi connectivity index (χ2v) is 5.60. The standard InChI is InChI=1S/C15H22FN/c1-11(10-17-15(3,4)5)8-13-6-7-14(16)9-12(13)2/h6-9,17H,10H2,1-5H3. The number of nitrogens with one attached hydrogen (secondary N) is 1. The highest BCUT2D eigenvalue weighted by Gasteiger charge is 2.08. The van der Waals surface area contributed by atoms with Gasteiger partial charge in [-0.2, -0.15) is 0 Å². The second-order valence-electron chi connectivity index (χ2n) is 5.60. The Kier molecular flexibility index (Phi) is 4.47. The molecular weight excluding hydrogens is 213 g/mol. The zero-order valence-corrected chi connectivity index (χ0v) is 11.4. The SMILES string of the molecule is CC(=Cc1ccc(F)cc1C)CNC(C)(C)C. The highest BCUT2D eigenvalue weighted by Crippen LogP contribution is 2.14. The number of hydrogen-bond acceptors (Lipinski definition) is 1. The van der Waals surface area contributed by atoms with E-state index in [4.69, 9.17) is 0 Å². The van der Waals surface area contributed by atoms with Gasteiger partial charge in [-0.1, -0.05) is 17.7 Å². The van der Waals surface area contributed by atoms with Gasteiger partial charge in [-0.3, -0.25) is 0 Å². The molecule has 0 amide bonds. The van der Waals surface area contributed by atoms with Crippen LogP contribution in [-0.2, 0) is 0 Å². The fourth-order valence-corrected chi connectivity index (χ4v) is 1.52. The van der Waals surface area contributed by atoms with Crippen LogP contribution in [-0.4, -0.2) is 12.1 Å². The molecule has 0 aliphatic heterocycles. The molecule has 0 aliphatic rings. The van der Waals surface area contributed by atoms with Gasteiger partial charge in [-0.05, 0) is 57.9 Å². The van der Waals surface area contributed by atoms with Crippen LogP contribution < -0.4 is 5.32 Å². The Balaban J connectivity index is 2.74. The van der Waals surface area contributed by atoms with Crippen LogP contribution in [0.5, 0.6) is 0 Å². The molecule has 2 heteroatoms. The third kappa shape index (κ3) is 5.14. The van der Waals surface area contributed by atoms with Crippen LogP contribution in [0, 0.1) is 12.7 Å². The van der Waals surface area contributed by atoms with Crippen LogP contribution in [0.2, 0.25) is 0 Å². The monoisotopic (exact) mass is 235 g/mol. The largest absolute Gasteiger partial charge is 0.308 e. The molecule has 0 aliphatic carbocycles. The summed E-state index contributed by atoms with van der Waals surface area (Å²) in [5.41, 5.74) is 3.42. The Morgan fingerprint density at radius 1 is 1.35 bits per heavy atom. The Hall–Kier alpha value is -1.15. The lowest BCUT2D eigenvalue weighted by Gasteiger charge is -2.20. The first-order chi connectivity index (χ1) is 7.78. The van der Waals surface area contributed by atoms with E-state index in [1.165, 1.54) is 11.6 Å². The minimum Gasteiger partial charge on any atom is -0.308 e. The van der Waals surface area contributed by atoms with Crippen LogP contribution in [0.25, 0.3) is 6.08 Å². The second kappa shape index (κ2) is 5.46. The molecule has 0 aromatic heterocycles. The van der Waals surface area contributed by atoms with Gasteiger partial charge in [-0.15, -0.1) is 0 Å². The summed E-state index contributed by atoms with van der Waals surface area (Å²) >= 11 is 0. The average molecular weight is 235 g/mol. The maximum absolute atomic E-state index is 13.0. The normalized spacial score (nSPS) is 12.9. The van der Waals surface area contributed by atoms with Gasteiger partial charge in [0.1, 0.15) is 5.82 Å². The molecule has 17 heavy (non-hydrogen) atoms. The Bertz CT molecular complexity index is 413. The number of halogens is 1. The third-order valence-electron chi connectivity index (χ3n) is 2.53. The van der Waals surface area contributed by atoms with E-state index < -0.39 is 0 Å². The van der Waals surface area contributed by atoms with Crippen LogP contribution in [0.1, 0.15) is 38.8 Å². The summed E-state index contributed by atoms with van der Waals surface area (Å²) in [4.78, 5) is 0. The molecule has 1 aromatic carbocycles. The molecule has 0 bridgehead atoms. The fraction of sp³-hybridized carbons (Fsp3) is 0.467. The zero-order valence-electron chi connectivity index (χ0n) is 11.4. The molecule has 0 unspecified atom stereocenters. The summed E-state index contributed by atoms with van der Waals surface area (Å²) in [6.07, 6.45) is 2.10. The molecular formula is C15H22FN. The Morgan fingerprint density at radius 3 is 2.53 bits per heavy atom. The molecule has 0 spiro atoms. The van der Waals surface area contributed by atoms with E-state index in [2.05, 4.69) is 39.1 Å². The zero-order chi connectivity index (χ0) is 13.1. The number of benzene rings is 1. The third-order valence-corrected chi connectivity index (χ3v) is 2.53. The van der Waals surface area contributed by atoms with Gasteiger partial charge >= 0.3 is 0 Å². The summed E-state index contributed by atoms with van der Waals surface area (Å²) < 4.78 is 13.0. The number of hydrogen-bond donors (Lipinski definition) is 1. The van der Waals surface area contributed by atoms with Crippen LogP contribution in [0.15, 0.2) is 23.8 Å². The van der Waals surface area contributed by atoms with E-state index in [1.54, 1.807) is 6.07 Å². The fourth-order valence-electron chi connectivity index (χ4n) is 1.52. The lowest BCUT2D eigenvalue weighted by molar-refractivity contribution is 0.445. The van der Waals surface area contributed by atoms with Crippen LogP contribution >= 0.6 is 0 Å². The van der Waals surface area contributed by atoms with Crippen molar-refractivity contribution in [3.63, 3.8) is 0 Å². The molecule has 1 N–H and O–H groups in total. The van der Waals surface area contributed by atoms with E-state index in [9.17, 15) is 4.39 Å². The van der Waals surface area contributed by atoms with Crippen molar-refractivity contribution in [2.75, 3.05) is 6.54 Å². The van der Waals surface area contributed by atoms with Crippen LogP contribution in [0.4, 0.5) is 4.39 Å². The summed E-state index contributed by atoms with van der Waals surface area (Å²) in [5.74, 6) is -0.176. The van der Waals surface area contributed by atoms with Crippen LogP contribution in [0.3, 0.4) is 0 Å². The molecule has 94 valence electrons. The first-order valence-electron chi connectivity index (χ1n) is 5.96. The topological polar surface area (TPSA) is 12.0 Å². The lowest BCUT2D eigenvalue weighted by Crippen LogP contribution is -2.36. The summed E-state index contributed by atoms with van der Waals surface area (Å²) in [7, 11) is 0. The smallest absolute Gasteiger partial charge is 0.123 e. The van der Waals surface area contributed by atoms with E-state index in [1.807, 2.05) is 13.0 Å². The molecule has 0 saturated carbocycles. The highest BCUT2D eigenvalue weighted by atomic mass is 19.1. The summed E-state index contributed by atoms with van der Waals surface area (Å²) in [6, 6.07) is 4.89. The molecule has 0 heterocycles. The predicted octanol–water partition coefficient (Wildman–Crippen LogP) is 3.93. The van der Waals surface area contributed by atoms with Crippen molar-refractivity contribution in [1.29, 1.82) is 0 Å². The number of rotatable bonds is 3. The molecule has 0 atom stereocenters. The minimum absolute atomic E-state index is 0.118. The van der Waals surface area contributed by atoms with Crippen molar-refractivity contribution in [3.8, 4) is 0 Å². The van der Waals surface area contributed by atoms with Gasteiger partial charge in [0, 0.05) is 12.1 Å². The lowest BCUT2D eigenvalue weighted by atomic mass is 10.0. The van der Waals surface area contributed by atoms with Crippen molar-refractivity contribution in [1.82, 2.24) is 5.32 Å². The van der Waals surface area contributed by atoms with E-state index in [0.29, 0.717) is 0 Å². The van der Waals surface area contributed by atoms with E-state index in [-0.39, 0.29) is 11.4 Å². The maximum Gasteiger partial charge on any atom is 0.123 e. The van der Waals surface area contributed by atoms with Gasteiger partial charge in [0.05, 0.1) is 0 Å². The molecule has 1 aromatic rings. The van der Waals surface area contributed by atoms with Crippen molar-refractivity contribution >= 4 is 6.08 Å². The van der Waals surface area contributed by atoms with Gasteiger partial charge < -0.3 is 5.32 Å². The minimum atomic E-state index is -0.176. The van der Waals surface area contributed by atoms with Gasteiger partial charge in [0.25, 0.3) is 0 Å². The van der Waals surface area contributed by atoms with Gasteiger partial charge in [0.15, 0.2) is 0 Å². The van der Waals surface area contributed by atoms with E-state index in [0.717, 1.165) is 17.7 Å². The Labute approximate surface area is 104 Å². The van der Waals surface area contributed by atoms with E-state index >= 15 is 0 Å². The van der Waals surface area contributed by atoms with Gasteiger partial charge in [-0.25, -0.2) is 4.39 Å². The van der Waals surface area contributed by atoms with Crippen molar-refractivity contribution in [2.45, 2.75) is 40.2 Å². The Morgan fingerprint density at radius 2 is 2.00 bits per heavy atom. The van der Waals surface area contributed by atoms with Crippen molar-refractivity contribution in [2.24, 2.45) is 0 Å². The predicted molar refractivity (Wildman–Crippen MR) is 72.5 cm³/mol. The van der Waals surface area contributed by atoms with Crippen molar-refractivity contribution < 1.29 is 4.39 Å². The maximum atomic E-state index is 13.0. The van der Waals surface area contributed by atoms with Gasteiger partial charge in [0.2, 0.25) is 0 Å². The molecule has 1 rings (SSSR count). The first-order valence-corrected chi connectivity index (χ1v) is 5.96. The van der Waals surface area contributed by atoms with Crippen molar-refractivity contribution in [3.05, 3.63) is 40.7 Å². The number of aryl methyl sites for hydroxylation is 1. The molecule has 0 fully saturated rings. The quantitative estimate of drug-likeness (QED) is 0.837. The highest BCUT2D eigenvalue weighted by molar-refractivity contribution is 5.56. The summed E-state index contributed by atoms with van der Waals surface area (Å²) in [6.45, 7) is 11.3. The molecule has 1 nitrogen and oxygen atoms in total. The molecule has 0 radical (unpaired) electrons. The summed E-state index contributed by atoms with van der Waals surface area (Å²) in [5, 5.41) is 3.43.